The van der Waals surface area contributed by atoms with Crippen LogP contribution in [0.15, 0.2) is 23.0 Å². The minimum Gasteiger partial charge on any atom is -0.478 e. The molecular formula is C12H12N2O3. The van der Waals surface area contributed by atoms with E-state index in [0.717, 1.165) is 6.42 Å². The fourth-order valence-corrected chi connectivity index (χ4v) is 2.25. The Labute approximate surface area is 96.7 Å². The zero-order valence-corrected chi connectivity index (χ0v) is 9.30. The van der Waals surface area contributed by atoms with E-state index in [1.54, 1.807) is 16.7 Å². The lowest BCUT2D eigenvalue weighted by Crippen LogP contribution is -2.15. The van der Waals surface area contributed by atoms with E-state index in [0.29, 0.717) is 17.0 Å². The highest BCUT2D eigenvalue weighted by atomic mass is 16.4. The van der Waals surface area contributed by atoms with Crippen LogP contribution < -0.4 is 5.69 Å². The smallest absolute Gasteiger partial charge is 0.335 e. The molecule has 1 aromatic carbocycles. The van der Waals surface area contributed by atoms with Crippen LogP contribution in [0.3, 0.4) is 0 Å². The Balaban J connectivity index is 2.26. The van der Waals surface area contributed by atoms with Gasteiger partial charge in [-0.05, 0) is 30.5 Å². The molecule has 1 aromatic heterocycles. The number of hydrogen-bond acceptors (Lipinski definition) is 2. The molecule has 88 valence electrons. The lowest BCUT2D eigenvalue weighted by molar-refractivity contribution is 0.0697. The van der Waals surface area contributed by atoms with E-state index in [2.05, 4.69) is 11.9 Å². The summed E-state index contributed by atoms with van der Waals surface area (Å²) in [5.74, 6) is -0.490. The number of nitrogens with zero attached hydrogens (tertiary/aromatic N) is 1. The minimum atomic E-state index is -0.976. The third-order valence-electron chi connectivity index (χ3n) is 3.36. The van der Waals surface area contributed by atoms with Crippen molar-refractivity contribution in [2.75, 3.05) is 0 Å². The van der Waals surface area contributed by atoms with E-state index in [4.69, 9.17) is 5.11 Å². The van der Waals surface area contributed by atoms with E-state index in [1.807, 2.05) is 0 Å². The standard InChI is InChI=1S/C12H12N2O3/c1-6-4-9(6)14-10-5-7(11(15)16)2-3-8(10)13-12(14)17/h2-3,5-6,9H,4H2,1H3,(H,13,17)(H,15,16). The summed E-state index contributed by atoms with van der Waals surface area (Å²) in [6.45, 7) is 2.08. The number of H-pyrrole nitrogens is 1. The van der Waals surface area contributed by atoms with Gasteiger partial charge in [0.1, 0.15) is 0 Å². The predicted octanol–water partition coefficient (Wildman–Crippen LogP) is 1.61. The second-order valence-corrected chi connectivity index (χ2v) is 4.62. The Bertz CT molecular complexity index is 668. The van der Waals surface area contributed by atoms with Crippen molar-refractivity contribution in [1.29, 1.82) is 0 Å². The molecule has 1 aliphatic carbocycles. The van der Waals surface area contributed by atoms with Gasteiger partial charge in [-0.15, -0.1) is 0 Å². The molecule has 2 aromatic rings. The van der Waals surface area contributed by atoms with Crippen molar-refractivity contribution < 1.29 is 9.90 Å². The number of nitrogens with one attached hydrogen (secondary N) is 1. The third-order valence-corrected chi connectivity index (χ3v) is 3.36. The van der Waals surface area contributed by atoms with Gasteiger partial charge in [-0.1, -0.05) is 6.92 Å². The summed E-state index contributed by atoms with van der Waals surface area (Å²) in [6, 6.07) is 4.91. The molecule has 1 fully saturated rings. The number of fused-ring (bicyclic) bond motifs is 1. The Morgan fingerprint density at radius 2 is 2.24 bits per heavy atom. The average Bonchev–Trinajstić information content (AvgIpc) is 2.88. The van der Waals surface area contributed by atoms with Crippen molar-refractivity contribution in [3.8, 4) is 0 Å². The Hall–Kier alpha value is -2.04. The molecule has 1 heterocycles. The number of carboxylic acids is 1. The summed E-state index contributed by atoms with van der Waals surface area (Å²) < 4.78 is 1.67. The Morgan fingerprint density at radius 1 is 1.53 bits per heavy atom. The maximum absolute atomic E-state index is 11.8. The second-order valence-electron chi connectivity index (χ2n) is 4.62. The molecule has 0 aliphatic heterocycles. The van der Waals surface area contributed by atoms with Crippen LogP contribution in [0.5, 0.6) is 0 Å². The molecule has 3 rings (SSSR count). The molecule has 17 heavy (non-hydrogen) atoms. The maximum Gasteiger partial charge on any atom is 0.335 e. The molecule has 0 spiro atoms. The van der Waals surface area contributed by atoms with Crippen molar-refractivity contribution in [1.82, 2.24) is 9.55 Å². The van der Waals surface area contributed by atoms with Crippen molar-refractivity contribution in [2.24, 2.45) is 5.92 Å². The van der Waals surface area contributed by atoms with Crippen LogP contribution in [0.25, 0.3) is 11.0 Å². The average molecular weight is 232 g/mol. The number of aromatic amines is 1. The van der Waals surface area contributed by atoms with Crippen LogP contribution in [0.4, 0.5) is 0 Å². The van der Waals surface area contributed by atoms with Gasteiger partial charge in [0.2, 0.25) is 0 Å². The van der Waals surface area contributed by atoms with Crippen LogP contribution in [0, 0.1) is 5.92 Å². The van der Waals surface area contributed by atoms with Gasteiger partial charge in [-0.3, -0.25) is 4.57 Å². The number of rotatable bonds is 2. The van der Waals surface area contributed by atoms with Gasteiger partial charge in [-0.25, -0.2) is 9.59 Å². The summed E-state index contributed by atoms with van der Waals surface area (Å²) in [7, 11) is 0. The van der Waals surface area contributed by atoms with Crippen molar-refractivity contribution in [3.05, 3.63) is 34.2 Å². The maximum atomic E-state index is 11.8. The summed E-state index contributed by atoms with van der Waals surface area (Å²) in [5.41, 5.74) is 1.43. The lowest BCUT2D eigenvalue weighted by atomic mass is 10.2. The van der Waals surface area contributed by atoms with Gasteiger partial charge in [0.15, 0.2) is 0 Å². The van der Waals surface area contributed by atoms with Gasteiger partial charge in [0.05, 0.1) is 16.6 Å². The van der Waals surface area contributed by atoms with Crippen LogP contribution in [-0.4, -0.2) is 20.6 Å². The Kier molecular flexibility index (Phi) is 1.92. The van der Waals surface area contributed by atoms with Crippen molar-refractivity contribution in [2.45, 2.75) is 19.4 Å². The van der Waals surface area contributed by atoms with Gasteiger partial charge < -0.3 is 10.1 Å². The molecule has 0 bridgehead atoms. The van der Waals surface area contributed by atoms with E-state index >= 15 is 0 Å². The first-order valence-electron chi connectivity index (χ1n) is 5.55. The first-order chi connectivity index (χ1) is 8.08. The number of carbonyl (C=O) groups is 1. The molecule has 0 amide bonds. The number of aromatic nitrogens is 2. The fraction of sp³-hybridized carbons (Fsp3) is 0.333. The van der Waals surface area contributed by atoms with E-state index in [1.165, 1.54) is 6.07 Å². The van der Waals surface area contributed by atoms with Gasteiger partial charge >= 0.3 is 11.7 Å². The monoisotopic (exact) mass is 232 g/mol. The summed E-state index contributed by atoms with van der Waals surface area (Å²) >= 11 is 0. The number of carboxylic acid groups (broad SMARTS) is 1. The fourth-order valence-electron chi connectivity index (χ4n) is 2.25. The zero-order valence-electron chi connectivity index (χ0n) is 9.30. The molecule has 0 saturated heterocycles. The zero-order chi connectivity index (χ0) is 12.2. The molecule has 2 unspecified atom stereocenters. The predicted molar refractivity (Wildman–Crippen MR) is 62.3 cm³/mol. The van der Waals surface area contributed by atoms with E-state index < -0.39 is 5.97 Å². The highest BCUT2D eigenvalue weighted by molar-refractivity contribution is 5.92. The number of aromatic carboxylic acids is 1. The summed E-state index contributed by atoms with van der Waals surface area (Å²) in [4.78, 5) is 25.5. The lowest BCUT2D eigenvalue weighted by Gasteiger charge is -2.01. The van der Waals surface area contributed by atoms with E-state index in [9.17, 15) is 9.59 Å². The van der Waals surface area contributed by atoms with Gasteiger partial charge in [0, 0.05) is 6.04 Å². The molecule has 5 heteroatoms. The molecule has 1 aliphatic rings. The van der Waals surface area contributed by atoms with Gasteiger partial charge in [-0.2, -0.15) is 0 Å². The third kappa shape index (κ3) is 1.46. The van der Waals surface area contributed by atoms with Crippen LogP contribution in [-0.2, 0) is 0 Å². The summed E-state index contributed by atoms with van der Waals surface area (Å²) in [5, 5.41) is 8.95. The van der Waals surface area contributed by atoms with Crippen LogP contribution in [0.2, 0.25) is 0 Å². The normalized spacial score (nSPS) is 22.9. The Morgan fingerprint density at radius 3 is 2.82 bits per heavy atom. The SMILES string of the molecule is CC1CC1n1c(=O)[nH]c2ccc(C(=O)O)cc21. The van der Waals surface area contributed by atoms with E-state index in [-0.39, 0.29) is 17.3 Å². The van der Waals surface area contributed by atoms with Gasteiger partial charge in [0.25, 0.3) is 0 Å². The second kappa shape index (κ2) is 3.23. The molecule has 0 radical (unpaired) electrons. The molecule has 5 nitrogen and oxygen atoms in total. The largest absolute Gasteiger partial charge is 0.478 e. The molecular weight excluding hydrogens is 220 g/mol. The first-order valence-corrected chi connectivity index (χ1v) is 5.55. The van der Waals surface area contributed by atoms with Crippen molar-refractivity contribution >= 4 is 17.0 Å². The number of hydrogen-bond donors (Lipinski definition) is 2. The highest BCUT2D eigenvalue weighted by Crippen LogP contribution is 2.43. The molecule has 1 saturated carbocycles. The molecule has 2 N–H and O–H groups in total. The number of benzene rings is 1. The van der Waals surface area contributed by atoms with Crippen LogP contribution in [0.1, 0.15) is 29.7 Å². The van der Waals surface area contributed by atoms with Crippen molar-refractivity contribution in [3.63, 3.8) is 0 Å². The quantitative estimate of drug-likeness (QED) is 0.825. The minimum absolute atomic E-state index is 0.156. The number of imidazole rings is 1. The van der Waals surface area contributed by atoms with Crippen LogP contribution >= 0.6 is 0 Å². The first kappa shape index (κ1) is 10.1. The summed E-state index contributed by atoms with van der Waals surface area (Å²) in [6.07, 6.45) is 0.976. The molecule has 2 atom stereocenters. The highest BCUT2D eigenvalue weighted by Gasteiger charge is 2.36. The topological polar surface area (TPSA) is 75.1 Å².